The molecule has 0 radical (unpaired) electrons. The molecule has 0 amide bonds. The third kappa shape index (κ3) is 1.42. The van der Waals surface area contributed by atoms with Crippen LogP contribution in [0.25, 0.3) is 0 Å². The number of rotatable bonds is 1. The minimum absolute atomic E-state index is 0.0405. The molecular weight excluding hydrogens is 134 g/mol. The molecule has 0 saturated heterocycles. The highest BCUT2D eigenvalue weighted by atomic mass is 32.1. The maximum absolute atomic E-state index is 10.6. The van der Waals surface area contributed by atoms with Gasteiger partial charge in [0.25, 0.3) is 0 Å². The summed E-state index contributed by atoms with van der Waals surface area (Å²) in [6.45, 7) is 4.14. The van der Waals surface area contributed by atoms with Crippen LogP contribution < -0.4 is 4.87 Å². The maximum atomic E-state index is 10.6. The van der Waals surface area contributed by atoms with Crippen molar-refractivity contribution < 1.29 is 0 Å². The third-order valence-electron chi connectivity index (χ3n) is 1.11. The van der Waals surface area contributed by atoms with Crippen molar-refractivity contribution in [2.24, 2.45) is 0 Å². The van der Waals surface area contributed by atoms with E-state index in [1.165, 1.54) is 11.3 Å². The second-order valence-corrected chi connectivity index (χ2v) is 3.28. The molecule has 0 spiro atoms. The number of H-pyrrole nitrogens is 1. The average Bonchev–Trinajstić information content (AvgIpc) is 2.14. The van der Waals surface area contributed by atoms with Crippen LogP contribution in [0.5, 0.6) is 0 Å². The minimum Gasteiger partial charge on any atom is -0.319 e. The number of hydrogen-bond donors (Lipinski definition) is 1. The van der Waals surface area contributed by atoms with Crippen molar-refractivity contribution in [1.82, 2.24) is 4.98 Å². The average molecular weight is 143 g/mol. The van der Waals surface area contributed by atoms with Gasteiger partial charge in [0.15, 0.2) is 0 Å². The molecule has 0 aromatic carbocycles. The van der Waals surface area contributed by atoms with Crippen LogP contribution in [0.15, 0.2) is 11.0 Å². The molecule has 0 atom stereocenters. The SMILES string of the molecule is CC(C)c1c[nH]c(=O)s1. The van der Waals surface area contributed by atoms with Crippen LogP contribution in [0, 0.1) is 0 Å². The van der Waals surface area contributed by atoms with Crippen LogP contribution in [0.3, 0.4) is 0 Å². The largest absolute Gasteiger partial charge is 0.319 e. The van der Waals surface area contributed by atoms with Crippen LogP contribution >= 0.6 is 11.3 Å². The zero-order valence-corrected chi connectivity index (χ0v) is 6.29. The van der Waals surface area contributed by atoms with Crippen molar-refractivity contribution in [3.8, 4) is 0 Å². The van der Waals surface area contributed by atoms with Crippen LogP contribution in [-0.2, 0) is 0 Å². The Hall–Kier alpha value is -0.570. The molecule has 3 heteroatoms. The van der Waals surface area contributed by atoms with E-state index in [-0.39, 0.29) is 4.87 Å². The van der Waals surface area contributed by atoms with E-state index in [0.29, 0.717) is 5.92 Å². The first-order chi connectivity index (χ1) is 4.20. The molecule has 1 heterocycles. The maximum Gasteiger partial charge on any atom is 0.304 e. The summed E-state index contributed by atoms with van der Waals surface area (Å²) < 4.78 is 0. The van der Waals surface area contributed by atoms with Crippen molar-refractivity contribution >= 4 is 11.3 Å². The standard InChI is InChI=1S/C6H9NOS/c1-4(2)5-3-7-6(8)9-5/h3-4H,1-2H3,(H,7,8). The van der Waals surface area contributed by atoms with Crippen LogP contribution in [0.4, 0.5) is 0 Å². The zero-order chi connectivity index (χ0) is 6.85. The molecule has 1 aromatic heterocycles. The molecule has 0 aliphatic rings. The van der Waals surface area contributed by atoms with Gasteiger partial charge in [-0.25, -0.2) is 0 Å². The Bertz CT molecular complexity index is 235. The smallest absolute Gasteiger partial charge is 0.304 e. The molecule has 9 heavy (non-hydrogen) atoms. The quantitative estimate of drug-likeness (QED) is 0.635. The highest BCUT2D eigenvalue weighted by Crippen LogP contribution is 2.14. The van der Waals surface area contributed by atoms with Crippen molar-refractivity contribution in [3.05, 3.63) is 20.7 Å². The molecule has 1 rings (SSSR count). The van der Waals surface area contributed by atoms with Gasteiger partial charge in [0.2, 0.25) is 0 Å². The summed E-state index contributed by atoms with van der Waals surface area (Å²) in [5.74, 6) is 0.467. The lowest BCUT2D eigenvalue weighted by Gasteiger charge is -1.94. The van der Waals surface area contributed by atoms with Gasteiger partial charge in [0, 0.05) is 11.1 Å². The molecule has 0 fully saturated rings. The summed E-state index contributed by atoms with van der Waals surface area (Å²) in [4.78, 5) is 14.3. The fourth-order valence-electron chi connectivity index (χ4n) is 0.581. The lowest BCUT2D eigenvalue weighted by atomic mass is 10.2. The molecule has 1 N–H and O–H groups in total. The molecule has 1 aromatic rings. The fourth-order valence-corrected chi connectivity index (χ4v) is 1.27. The lowest BCUT2D eigenvalue weighted by Crippen LogP contribution is -1.88. The summed E-state index contributed by atoms with van der Waals surface area (Å²) in [7, 11) is 0. The molecule has 0 saturated carbocycles. The molecule has 2 nitrogen and oxygen atoms in total. The highest BCUT2D eigenvalue weighted by molar-refractivity contribution is 7.09. The highest BCUT2D eigenvalue weighted by Gasteiger charge is 1.99. The Morgan fingerprint density at radius 1 is 1.67 bits per heavy atom. The third-order valence-corrected chi connectivity index (χ3v) is 2.24. The zero-order valence-electron chi connectivity index (χ0n) is 5.47. The second kappa shape index (κ2) is 2.35. The van der Waals surface area contributed by atoms with Gasteiger partial charge in [-0.15, -0.1) is 0 Å². The van der Waals surface area contributed by atoms with Gasteiger partial charge in [-0.1, -0.05) is 25.2 Å². The van der Waals surface area contributed by atoms with Crippen molar-refractivity contribution in [1.29, 1.82) is 0 Å². The minimum atomic E-state index is 0.0405. The Balaban J connectivity index is 2.98. The molecular formula is C6H9NOS. The Kier molecular flexibility index (Phi) is 1.71. The van der Waals surface area contributed by atoms with Crippen LogP contribution in [-0.4, -0.2) is 4.98 Å². The number of nitrogens with one attached hydrogen (secondary N) is 1. The van der Waals surface area contributed by atoms with Gasteiger partial charge in [-0.2, -0.15) is 0 Å². The van der Waals surface area contributed by atoms with Gasteiger partial charge in [-0.3, -0.25) is 4.79 Å². The Morgan fingerprint density at radius 2 is 2.33 bits per heavy atom. The first-order valence-corrected chi connectivity index (χ1v) is 3.70. The van der Waals surface area contributed by atoms with Gasteiger partial charge in [-0.05, 0) is 5.92 Å². The van der Waals surface area contributed by atoms with E-state index in [1.807, 2.05) is 0 Å². The first kappa shape index (κ1) is 6.55. The van der Waals surface area contributed by atoms with Gasteiger partial charge in [0.1, 0.15) is 0 Å². The number of aromatic amines is 1. The van der Waals surface area contributed by atoms with E-state index in [2.05, 4.69) is 18.8 Å². The normalized spacial score (nSPS) is 10.6. The summed E-state index contributed by atoms with van der Waals surface area (Å²) in [6, 6.07) is 0. The first-order valence-electron chi connectivity index (χ1n) is 2.88. The fraction of sp³-hybridized carbons (Fsp3) is 0.500. The molecule has 0 bridgehead atoms. The number of aromatic nitrogens is 1. The second-order valence-electron chi connectivity index (χ2n) is 2.24. The molecule has 0 aliphatic carbocycles. The van der Waals surface area contributed by atoms with E-state index < -0.39 is 0 Å². The summed E-state index contributed by atoms with van der Waals surface area (Å²) in [6.07, 6.45) is 1.78. The monoisotopic (exact) mass is 143 g/mol. The van der Waals surface area contributed by atoms with Gasteiger partial charge < -0.3 is 4.98 Å². The predicted molar refractivity (Wildman–Crippen MR) is 39.0 cm³/mol. The Labute approximate surface area is 57.5 Å². The van der Waals surface area contributed by atoms with Gasteiger partial charge >= 0.3 is 4.87 Å². The van der Waals surface area contributed by atoms with Crippen molar-refractivity contribution in [2.75, 3.05) is 0 Å². The van der Waals surface area contributed by atoms with E-state index in [1.54, 1.807) is 6.20 Å². The van der Waals surface area contributed by atoms with Gasteiger partial charge in [0.05, 0.1) is 0 Å². The van der Waals surface area contributed by atoms with E-state index in [9.17, 15) is 4.79 Å². The van der Waals surface area contributed by atoms with Crippen molar-refractivity contribution in [3.63, 3.8) is 0 Å². The molecule has 50 valence electrons. The summed E-state index contributed by atoms with van der Waals surface area (Å²) >= 11 is 1.28. The molecule has 0 aliphatic heterocycles. The number of thiazole rings is 1. The van der Waals surface area contributed by atoms with Crippen LogP contribution in [0.1, 0.15) is 24.6 Å². The topological polar surface area (TPSA) is 32.9 Å². The van der Waals surface area contributed by atoms with Crippen molar-refractivity contribution in [2.45, 2.75) is 19.8 Å². The number of hydrogen-bond acceptors (Lipinski definition) is 2. The summed E-state index contributed by atoms with van der Waals surface area (Å²) in [5.41, 5.74) is 0. The Morgan fingerprint density at radius 3 is 2.56 bits per heavy atom. The predicted octanol–water partition coefficient (Wildman–Crippen LogP) is 1.56. The van der Waals surface area contributed by atoms with E-state index in [0.717, 1.165) is 4.88 Å². The van der Waals surface area contributed by atoms with Crippen LogP contribution in [0.2, 0.25) is 0 Å². The van der Waals surface area contributed by atoms with E-state index in [4.69, 9.17) is 0 Å². The lowest BCUT2D eigenvalue weighted by molar-refractivity contribution is 0.885. The van der Waals surface area contributed by atoms with E-state index >= 15 is 0 Å². The summed E-state index contributed by atoms with van der Waals surface area (Å²) in [5, 5.41) is 0. The molecule has 0 unspecified atom stereocenters.